The second-order valence-corrected chi connectivity index (χ2v) is 11.8. The molecule has 13 heteroatoms. The van der Waals surface area contributed by atoms with Crippen LogP contribution in [0.15, 0.2) is 81.7 Å². The van der Waals surface area contributed by atoms with Crippen LogP contribution in [0.25, 0.3) is 6.08 Å². The highest BCUT2D eigenvalue weighted by atomic mass is 127. The van der Waals surface area contributed by atoms with Crippen molar-refractivity contribution in [2.45, 2.75) is 26.5 Å². The van der Waals surface area contributed by atoms with Gasteiger partial charge in [-0.3, -0.25) is 19.5 Å². The molecule has 0 aliphatic carbocycles. The molecule has 4 aromatic rings. The molecular formula is C31H25FIN3O7S. The molecule has 226 valence electrons. The van der Waals surface area contributed by atoms with Gasteiger partial charge in [0.05, 0.1) is 44.1 Å². The minimum Gasteiger partial charge on any atom is -0.493 e. The van der Waals surface area contributed by atoms with Crippen LogP contribution >= 0.6 is 33.9 Å². The molecule has 10 nitrogen and oxygen atoms in total. The Labute approximate surface area is 268 Å². The first-order chi connectivity index (χ1) is 21.1. The van der Waals surface area contributed by atoms with Gasteiger partial charge in [0.15, 0.2) is 16.3 Å². The van der Waals surface area contributed by atoms with E-state index in [9.17, 15) is 24.1 Å². The number of methoxy groups -OCH3 is 1. The predicted molar refractivity (Wildman–Crippen MR) is 170 cm³/mol. The first-order valence-corrected chi connectivity index (χ1v) is 15.2. The fraction of sp³-hybridized carbons (Fsp3) is 0.194. The van der Waals surface area contributed by atoms with Crippen LogP contribution in [0.1, 0.15) is 36.6 Å². The molecule has 5 rings (SSSR count). The maximum atomic E-state index is 13.9. The van der Waals surface area contributed by atoms with E-state index in [2.05, 4.69) is 27.6 Å². The average molecular weight is 730 g/mol. The zero-order chi connectivity index (χ0) is 31.5. The number of ether oxygens (including phenoxy) is 3. The van der Waals surface area contributed by atoms with Crippen LogP contribution in [-0.4, -0.2) is 29.2 Å². The van der Waals surface area contributed by atoms with Gasteiger partial charge in [-0.15, -0.1) is 0 Å². The van der Waals surface area contributed by atoms with Gasteiger partial charge in [-0.25, -0.2) is 14.2 Å². The van der Waals surface area contributed by atoms with Gasteiger partial charge in [0.25, 0.3) is 11.2 Å². The third kappa shape index (κ3) is 6.28. The molecule has 0 radical (unpaired) electrons. The number of allylic oxidation sites excluding steroid dienone is 1. The van der Waals surface area contributed by atoms with E-state index in [1.807, 2.05) is 6.07 Å². The van der Waals surface area contributed by atoms with E-state index in [-0.39, 0.29) is 30.0 Å². The fourth-order valence-electron chi connectivity index (χ4n) is 4.74. The Morgan fingerprint density at radius 1 is 1.18 bits per heavy atom. The number of carbonyl (C=O) groups is 1. The molecule has 1 aliphatic heterocycles. The summed E-state index contributed by atoms with van der Waals surface area (Å²) in [5, 5.41) is 10.9. The summed E-state index contributed by atoms with van der Waals surface area (Å²) in [5.74, 6) is -0.122. The zero-order valence-corrected chi connectivity index (χ0v) is 26.7. The van der Waals surface area contributed by atoms with E-state index in [4.69, 9.17) is 14.2 Å². The number of nitro groups is 1. The molecule has 1 atom stereocenters. The second-order valence-electron chi connectivity index (χ2n) is 9.60. The number of aromatic nitrogens is 1. The van der Waals surface area contributed by atoms with E-state index >= 15 is 0 Å². The number of nitro benzene ring substituents is 1. The van der Waals surface area contributed by atoms with Gasteiger partial charge in [-0.1, -0.05) is 23.5 Å². The van der Waals surface area contributed by atoms with E-state index in [1.54, 1.807) is 38.1 Å². The number of non-ortho nitro benzene ring substituents is 1. The van der Waals surface area contributed by atoms with Crippen LogP contribution in [0.4, 0.5) is 10.1 Å². The van der Waals surface area contributed by atoms with Gasteiger partial charge in [-0.2, -0.15) is 0 Å². The monoisotopic (exact) mass is 729 g/mol. The number of fused-ring (bicyclic) bond motifs is 1. The minimum atomic E-state index is -0.849. The van der Waals surface area contributed by atoms with E-state index in [0.717, 1.165) is 5.56 Å². The molecule has 2 heterocycles. The highest BCUT2D eigenvalue weighted by Crippen LogP contribution is 2.35. The number of nitrogens with zero attached hydrogens (tertiary/aromatic N) is 3. The molecule has 0 saturated heterocycles. The Morgan fingerprint density at radius 2 is 1.89 bits per heavy atom. The van der Waals surface area contributed by atoms with Crippen molar-refractivity contribution in [3.63, 3.8) is 0 Å². The highest BCUT2D eigenvalue weighted by molar-refractivity contribution is 14.1. The fourth-order valence-corrected chi connectivity index (χ4v) is 6.56. The van der Waals surface area contributed by atoms with Crippen LogP contribution < -0.4 is 24.4 Å². The van der Waals surface area contributed by atoms with E-state index in [0.29, 0.717) is 41.2 Å². The topological polar surface area (TPSA) is 122 Å². The van der Waals surface area contributed by atoms with Crippen LogP contribution in [-0.2, 0) is 16.1 Å². The van der Waals surface area contributed by atoms with Crippen LogP contribution in [0.5, 0.6) is 11.5 Å². The Morgan fingerprint density at radius 3 is 2.52 bits per heavy atom. The van der Waals surface area contributed by atoms with Crippen molar-refractivity contribution in [3.05, 3.63) is 128 Å². The lowest BCUT2D eigenvalue weighted by atomic mass is 9.96. The molecule has 0 N–H and O–H groups in total. The first kappa shape index (κ1) is 31.1. The zero-order valence-electron chi connectivity index (χ0n) is 23.7. The number of esters is 1. The Balaban J connectivity index is 1.53. The smallest absolute Gasteiger partial charge is 0.338 e. The molecule has 0 unspecified atom stereocenters. The maximum absolute atomic E-state index is 13.9. The number of rotatable bonds is 9. The normalized spacial score (nSPS) is 14.6. The number of carbonyl (C=O) groups excluding carboxylic acids is 1. The lowest BCUT2D eigenvalue weighted by Gasteiger charge is -2.24. The van der Waals surface area contributed by atoms with Gasteiger partial charge >= 0.3 is 5.97 Å². The number of hydrogen-bond donors (Lipinski definition) is 0. The number of thiazole rings is 1. The molecule has 3 aromatic carbocycles. The Bertz CT molecular complexity index is 1970. The molecule has 44 heavy (non-hydrogen) atoms. The van der Waals surface area contributed by atoms with Crippen molar-refractivity contribution in [1.29, 1.82) is 0 Å². The summed E-state index contributed by atoms with van der Waals surface area (Å²) in [6, 6.07) is 14.4. The molecule has 1 aromatic heterocycles. The van der Waals surface area contributed by atoms with Gasteiger partial charge in [0, 0.05) is 12.1 Å². The van der Waals surface area contributed by atoms with Crippen molar-refractivity contribution in [2.24, 2.45) is 4.99 Å². The molecular weight excluding hydrogens is 704 g/mol. The number of halogens is 2. The molecule has 1 aliphatic rings. The van der Waals surface area contributed by atoms with Crippen molar-refractivity contribution in [2.75, 3.05) is 13.7 Å². The van der Waals surface area contributed by atoms with E-state index < -0.39 is 22.8 Å². The number of hydrogen-bond acceptors (Lipinski definition) is 9. The van der Waals surface area contributed by atoms with Crippen molar-refractivity contribution in [1.82, 2.24) is 4.57 Å². The van der Waals surface area contributed by atoms with Crippen molar-refractivity contribution >= 4 is 51.7 Å². The predicted octanol–water partition coefficient (Wildman–Crippen LogP) is 5.04. The lowest BCUT2D eigenvalue weighted by Crippen LogP contribution is -2.39. The van der Waals surface area contributed by atoms with Crippen molar-refractivity contribution in [3.8, 4) is 11.5 Å². The minimum absolute atomic E-state index is 0.00759. The summed E-state index contributed by atoms with van der Waals surface area (Å²) >= 11 is 3.28. The second kappa shape index (κ2) is 13.1. The standard InChI is InChI=1S/C31H25FIN3O7S/c1-4-42-30(38)26-17(2)34-31-35(27(26)20-7-9-21(32)10-8-20)29(37)25(44-31)15-19-13-23(33)28(24(14-19)41-3)43-16-18-5-11-22(12-6-18)36(39)40/h5-15,27H,4,16H2,1-3H3/b25-15-/t27-/m0/s1. The van der Waals surface area contributed by atoms with Crippen LogP contribution in [0, 0.1) is 19.5 Å². The van der Waals surface area contributed by atoms with Crippen LogP contribution in [0.2, 0.25) is 0 Å². The molecule has 0 fully saturated rings. The first-order valence-electron chi connectivity index (χ1n) is 13.3. The third-order valence-corrected chi connectivity index (χ3v) is 8.57. The largest absolute Gasteiger partial charge is 0.493 e. The lowest BCUT2D eigenvalue weighted by molar-refractivity contribution is -0.384. The van der Waals surface area contributed by atoms with Gasteiger partial charge < -0.3 is 14.2 Å². The Kier molecular flexibility index (Phi) is 9.25. The molecule has 0 saturated carbocycles. The van der Waals surface area contributed by atoms with Gasteiger partial charge in [-0.05, 0) is 95.6 Å². The van der Waals surface area contributed by atoms with Gasteiger partial charge in [0.2, 0.25) is 0 Å². The molecule has 0 bridgehead atoms. The maximum Gasteiger partial charge on any atom is 0.338 e. The molecule has 0 amide bonds. The van der Waals surface area contributed by atoms with Crippen molar-refractivity contribution < 1.29 is 28.3 Å². The number of benzene rings is 3. The SMILES string of the molecule is CCOC(=O)C1=C(C)N=c2s/c(=C\c3cc(I)c(OCc4ccc([N+](=O)[O-])cc4)c(OC)c3)c(=O)n2[C@H]1c1ccc(F)cc1. The Hall–Kier alpha value is -4.37. The highest BCUT2D eigenvalue weighted by Gasteiger charge is 2.33. The van der Waals surface area contributed by atoms with Gasteiger partial charge in [0.1, 0.15) is 12.4 Å². The quantitative estimate of drug-likeness (QED) is 0.103. The third-order valence-electron chi connectivity index (χ3n) is 6.78. The average Bonchev–Trinajstić information content (AvgIpc) is 3.30. The summed E-state index contributed by atoms with van der Waals surface area (Å²) in [6.45, 7) is 3.68. The summed E-state index contributed by atoms with van der Waals surface area (Å²) in [7, 11) is 1.50. The summed E-state index contributed by atoms with van der Waals surface area (Å²) < 4.78 is 33.2. The molecule has 0 spiro atoms. The summed E-state index contributed by atoms with van der Waals surface area (Å²) in [5.41, 5.74) is 2.20. The van der Waals surface area contributed by atoms with Crippen LogP contribution in [0.3, 0.4) is 0 Å². The summed E-state index contributed by atoms with van der Waals surface area (Å²) in [6.07, 6.45) is 1.71. The van der Waals surface area contributed by atoms with E-state index in [1.165, 1.54) is 59.4 Å². The summed E-state index contributed by atoms with van der Waals surface area (Å²) in [4.78, 5) is 42.3.